The zero-order chi connectivity index (χ0) is 24.0. The number of hydrogen-bond donors (Lipinski definition) is 0. The average molecular weight is 555 g/mol. The Kier molecular flexibility index (Phi) is 8.88. The van der Waals surface area contributed by atoms with Crippen molar-refractivity contribution in [2.45, 2.75) is 33.1 Å². The number of hydrogen-bond acceptors (Lipinski definition) is 6. The molecule has 0 aliphatic carbocycles. The number of ether oxygens (including phenoxy) is 2. The summed E-state index contributed by atoms with van der Waals surface area (Å²) in [6.07, 6.45) is 3.91. The molecule has 1 heterocycles. The van der Waals surface area contributed by atoms with Gasteiger partial charge < -0.3 is 9.47 Å². The van der Waals surface area contributed by atoms with Crippen molar-refractivity contribution in [3.63, 3.8) is 0 Å². The van der Waals surface area contributed by atoms with E-state index < -0.39 is 5.97 Å². The fourth-order valence-corrected chi connectivity index (χ4v) is 4.03. The minimum atomic E-state index is -0.523. The predicted octanol–water partition coefficient (Wildman–Crippen LogP) is 5.63. The van der Waals surface area contributed by atoms with E-state index in [9.17, 15) is 9.59 Å². The molecule has 3 rings (SSSR count). The fraction of sp³-hybridized carbons (Fsp3) is 0.304. The van der Waals surface area contributed by atoms with Gasteiger partial charge in [0.25, 0.3) is 5.56 Å². The molecule has 7 nitrogen and oxygen atoms in total. The molecule has 0 aliphatic heterocycles. The standard InChI is InChI=1S/C23H22BrCl2N3O4/c1-3-5-6-20-28-19-8-7-15(24)11-16(19)23(31)29(20)27-12-14-9-17(25)22(18(26)10-14)33-13-21(30)32-4-2/h7-12H,3-6,13H2,1-2H3. The predicted molar refractivity (Wildman–Crippen MR) is 134 cm³/mol. The van der Waals surface area contributed by atoms with Crippen LogP contribution in [-0.2, 0) is 16.0 Å². The summed E-state index contributed by atoms with van der Waals surface area (Å²) in [6, 6.07) is 8.54. The number of benzene rings is 2. The molecule has 0 amide bonds. The van der Waals surface area contributed by atoms with Gasteiger partial charge in [0.2, 0.25) is 0 Å². The summed E-state index contributed by atoms with van der Waals surface area (Å²) in [5.41, 5.74) is 0.904. The highest BCUT2D eigenvalue weighted by atomic mass is 79.9. The Balaban J connectivity index is 1.95. The normalized spacial score (nSPS) is 11.3. The van der Waals surface area contributed by atoms with Crippen LogP contribution < -0.4 is 10.3 Å². The van der Waals surface area contributed by atoms with Crippen LogP contribution in [0.4, 0.5) is 0 Å². The summed E-state index contributed by atoms with van der Waals surface area (Å²) in [5, 5.41) is 5.25. The van der Waals surface area contributed by atoms with E-state index in [2.05, 4.69) is 32.9 Å². The molecular formula is C23H22BrCl2N3O4. The Labute approximate surface area is 209 Å². The van der Waals surface area contributed by atoms with Crippen molar-refractivity contribution in [2.24, 2.45) is 5.10 Å². The van der Waals surface area contributed by atoms with Gasteiger partial charge in [0.15, 0.2) is 12.4 Å². The van der Waals surface area contributed by atoms with Gasteiger partial charge in [-0.2, -0.15) is 9.78 Å². The highest BCUT2D eigenvalue weighted by Crippen LogP contribution is 2.34. The van der Waals surface area contributed by atoms with Crippen LogP contribution in [-0.4, -0.2) is 35.1 Å². The van der Waals surface area contributed by atoms with Crippen molar-refractivity contribution in [2.75, 3.05) is 13.2 Å². The molecule has 0 bridgehead atoms. The summed E-state index contributed by atoms with van der Waals surface area (Å²) in [5.74, 6) is 0.214. The number of aryl methyl sites for hydroxylation is 1. The van der Waals surface area contributed by atoms with Crippen LogP contribution in [0.15, 0.2) is 44.7 Å². The maximum atomic E-state index is 13.1. The van der Waals surface area contributed by atoms with Crippen LogP contribution in [0.3, 0.4) is 0 Å². The molecule has 2 aromatic carbocycles. The minimum absolute atomic E-state index is 0.168. The van der Waals surface area contributed by atoms with Crippen LogP contribution >= 0.6 is 39.1 Å². The quantitative estimate of drug-likeness (QED) is 0.253. The fourth-order valence-electron chi connectivity index (χ4n) is 3.06. The number of carbonyl (C=O) groups is 1. The van der Waals surface area contributed by atoms with Crippen molar-refractivity contribution >= 4 is 62.2 Å². The SMILES string of the molecule is CCCCc1nc2ccc(Br)cc2c(=O)n1N=Cc1cc(Cl)c(OCC(=O)OCC)c(Cl)c1. The van der Waals surface area contributed by atoms with Gasteiger partial charge in [-0.05, 0) is 49.2 Å². The van der Waals surface area contributed by atoms with E-state index in [1.54, 1.807) is 31.2 Å². The molecule has 3 aromatic rings. The Morgan fingerprint density at radius 2 is 1.94 bits per heavy atom. The molecule has 0 N–H and O–H groups in total. The lowest BCUT2D eigenvalue weighted by molar-refractivity contribution is -0.145. The first-order valence-electron chi connectivity index (χ1n) is 10.4. The van der Waals surface area contributed by atoms with E-state index in [1.165, 1.54) is 10.9 Å². The molecule has 0 aliphatic rings. The van der Waals surface area contributed by atoms with Gasteiger partial charge in [0.1, 0.15) is 5.82 Å². The van der Waals surface area contributed by atoms with E-state index in [1.807, 2.05) is 6.07 Å². The summed E-state index contributed by atoms with van der Waals surface area (Å²) >= 11 is 16.0. The molecule has 33 heavy (non-hydrogen) atoms. The van der Waals surface area contributed by atoms with Crippen LogP contribution in [0.5, 0.6) is 5.75 Å². The first-order chi connectivity index (χ1) is 15.8. The zero-order valence-electron chi connectivity index (χ0n) is 18.1. The average Bonchev–Trinajstić information content (AvgIpc) is 2.77. The van der Waals surface area contributed by atoms with Crippen LogP contribution in [0, 0.1) is 0 Å². The van der Waals surface area contributed by atoms with E-state index >= 15 is 0 Å². The number of unbranched alkanes of at least 4 members (excludes halogenated alkanes) is 1. The van der Waals surface area contributed by atoms with E-state index in [0.29, 0.717) is 28.7 Å². The largest absolute Gasteiger partial charge is 0.479 e. The number of halogens is 3. The van der Waals surface area contributed by atoms with Crippen LogP contribution in [0.2, 0.25) is 10.0 Å². The van der Waals surface area contributed by atoms with Gasteiger partial charge in [0.05, 0.1) is 33.8 Å². The Bertz CT molecular complexity index is 1240. The maximum Gasteiger partial charge on any atom is 0.344 e. The van der Waals surface area contributed by atoms with Gasteiger partial charge >= 0.3 is 5.97 Å². The molecule has 0 saturated carbocycles. The van der Waals surface area contributed by atoms with Crippen molar-refractivity contribution in [1.29, 1.82) is 0 Å². The third-order valence-corrected chi connectivity index (χ3v) is 5.67. The second kappa shape index (κ2) is 11.6. The lowest BCUT2D eigenvalue weighted by Gasteiger charge is -2.11. The van der Waals surface area contributed by atoms with Crippen molar-refractivity contribution in [3.05, 3.63) is 66.6 Å². The van der Waals surface area contributed by atoms with Gasteiger partial charge in [-0.1, -0.05) is 52.5 Å². The van der Waals surface area contributed by atoms with Gasteiger partial charge in [-0.3, -0.25) is 4.79 Å². The zero-order valence-corrected chi connectivity index (χ0v) is 21.2. The second-order valence-electron chi connectivity index (χ2n) is 7.06. The number of esters is 1. The highest BCUT2D eigenvalue weighted by Gasteiger charge is 2.13. The first-order valence-corrected chi connectivity index (χ1v) is 11.9. The van der Waals surface area contributed by atoms with Crippen LogP contribution in [0.1, 0.15) is 38.1 Å². The van der Waals surface area contributed by atoms with Gasteiger partial charge in [0, 0.05) is 10.9 Å². The van der Waals surface area contributed by atoms with Gasteiger partial charge in [-0.25, -0.2) is 9.78 Å². The smallest absolute Gasteiger partial charge is 0.344 e. The third kappa shape index (κ3) is 6.34. The Morgan fingerprint density at radius 3 is 2.61 bits per heavy atom. The lowest BCUT2D eigenvalue weighted by atomic mass is 10.2. The van der Waals surface area contributed by atoms with E-state index in [-0.39, 0.29) is 34.6 Å². The molecule has 0 spiro atoms. The number of aromatic nitrogens is 2. The molecule has 1 aromatic heterocycles. The van der Waals surface area contributed by atoms with E-state index in [4.69, 9.17) is 32.7 Å². The van der Waals surface area contributed by atoms with Crippen molar-refractivity contribution < 1.29 is 14.3 Å². The van der Waals surface area contributed by atoms with Gasteiger partial charge in [-0.15, -0.1) is 0 Å². The Morgan fingerprint density at radius 1 is 1.21 bits per heavy atom. The maximum absolute atomic E-state index is 13.1. The molecule has 0 fully saturated rings. The second-order valence-corrected chi connectivity index (χ2v) is 8.79. The topological polar surface area (TPSA) is 82.8 Å². The monoisotopic (exact) mass is 553 g/mol. The molecule has 10 heteroatoms. The molecule has 0 atom stereocenters. The summed E-state index contributed by atoms with van der Waals surface area (Å²) in [7, 11) is 0. The molecule has 0 saturated heterocycles. The number of carbonyl (C=O) groups excluding carboxylic acids is 1. The molecule has 0 radical (unpaired) electrons. The third-order valence-electron chi connectivity index (χ3n) is 4.61. The lowest BCUT2D eigenvalue weighted by Crippen LogP contribution is -2.22. The minimum Gasteiger partial charge on any atom is -0.479 e. The molecular weight excluding hydrogens is 533 g/mol. The van der Waals surface area contributed by atoms with Crippen molar-refractivity contribution in [3.8, 4) is 5.75 Å². The number of rotatable bonds is 9. The van der Waals surface area contributed by atoms with E-state index in [0.717, 1.165) is 17.3 Å². The number of nitrogens with zero attached hydrogens (tertiary/aromatic N) is 3. The Hall–Kier alpha value is -2.42. The van der Waals surface area contributed by atoms with Crippen molar-refractivity contribution in [1.82, 2.24) is 9.66 Å². The first kappa shape index (κ1) is 25.2. The van der Waals surface area contributed by atoms with Crippen LogP contribution in [0.25, 0.3) is 10.9 Å². The summed E-state index contributed by atoms with van der Waals surface area (Å²) in [6.45, 7) is 3.71. The number of fused-ring (bicyclic) bond motifs is 1. The molecule has 0 unspecified atom stereocenters. The summed E-state index contributed by atoms with van der Waals surface area (Å²) < 4.78 is 12.3. The molecule has 174 valence electrons. The highest BCUT2D eigenvalue weighted by molar-refractivity contribution is 9.10. The summed E-state index contributed by atoms with van der Waals surface area (Å²) in [4.78, 5) is 29.3.